The second kappa shape index (κ2) is 6.33. The highest BCUT2D eigenvalue weighted by atomic mass is 16.3. The molecule has 1 fully saturated rings. The molecule has 7 nitrogen and oxygen atoms in total. The zero-order chi connectivity index (χ0) is 14.5. The van der Waals surface area contributed by atoms with Crippen molar-refractivity contribution in [3.05, 3.63) is 34.7 Å². The van der Waals surface area contributed by atoms with E-state index in [1.165, 1.54) is 10.6 Å². The summed E-state index contributed by atoms with van der Waals surface area (Å²) in [7, 11) is 0. The smallest absolute Gasteiger partial charge is 0.250 e. The number of aliphatic hydroxyl groups is 1. The van der Waals surface area contributed by atoms with E-state index in [0.29, 0.717) is 12.8 Å². The van der Waals surface area contributed by atoms with Gasteiger partial charge in [-0.25, -0.2) is 0 Å². The zero-order valence-corrected chi connectivity index (χ0v) is 10.9. The summed E-state index contributed by atoms with van der Waals surface area (Å²) in [4.78, 5) is 34.2. The molecule has 0 spiro atoms. The van der Waals surface area contributed by atoms with Crippen molar-refractivity contribution in [2.75, 3.05) is 6.54 Å². The van der Waals surface area contributed by atoms with E-state index in [0.717, 1.165) is 0 Å². The number of hydrogen-bond acceptors (Lipinski definition) is 4. The fourth-order valence-corrected chi connectivity index (χ4v) is 2.06. The molecule has 20 heavy (non-hydrogen) atoms. The molecular formula is C13H17N3O4. The first-order chi connectivity index (χ1) is 9.56. The summed E-state index contributed by atoms with van der Waals surface area (Å²) in [5, 5.41) is 14.9. The number of aliphatic hydroxyl groups excluding tert-OH is 1. The van der Waals surface area contributed by atoms with Crippen molar-refractivity contribution in [2.45, 2.75) is 31.5 Å². The highest BCUT2D eigenvalue weighted by Gasteiger charge is 2.27. The van der Waals surface area contributed by atoms with Crippen LogP contribution in [-0.2, 0) is 16.1 Å². The van der Waals surface area contributed by atoms with Gasteiger partial charge in [-0.15, -0.1) is 0 Å². The molecule has 3 N–H and O–H groups in total. The third-order valence-corrected chi connectivity index (χ3v) is 3.13. The maximum absolute atomic E-state index is 11.7. The Labute approximate surface area is 115 Å². The van der Waals surface area contributed by atoms with Crippen molar-refractivity contribution in [3.8, 4) is 0 Å². The Bertz CT molecular complexity index is 555. The zero-order valence-electron chi connectivity index (χ0n) is 10.9. The maximum atomic E-state index is 11.7. The molecule has 1 aromatic heterocycles. The highest BCUT2D eigenvalue weighted by molar-refractivity contribution is 5.90. The summed E-state index contributed by atoms with van der Waals surface area (Å²) in [5.74, 6) is -0.447. The van der Waals surface area contributed by atoms with Gasteiger partial charge in [0.1, 0.15) is 6.04 Å². The molecule has 0 radical (unpaired) electrons. The fourth-order valence-electron chi connectivity index (χ4n) is 2.06. The lowest BCUT2D eigenvalue weighted by atomic mass is 10.2. The van der Waals surface area contributed by atoms with E-state index in [1.807, 2.05) is 0 Å². The predicted molar refractivity (Wildman–Crippen MR) is 70.9 cm³/mol. The van der Waals surface area contributed by atoms with Crippen LogP contribution in [0.25, 0.3) is 0 Å². The van der Waals surface area contributed by atoms with Gasteiger partial charge in [-0.3, -0.25) is 14.4 Å². The van der Waals surface area contributed by atoms with Crippen LogP contribution in [0.4, 0.5) is 0 Å². The summed E-state index contributed by atoms with van der Waals surface area (Å²) in [6.07, 6.45) is 1.53. The van der Waals surface area contributed by atoms with Crippen molar-refractivity contribution < 1.29 is 14.7 Å². The third kappa shape index (κ3) is 3.67. The lowest BCUT2D eigenvalue weighted by Gasteiger charge is -2.15. The van der Waals surface area contributed by atoms with Gasteiger partial charge in [0, 0.05) is 25.2 Å². The lowest BCUT2D eigenvalue weighted by Crippen LogP contribution is -2.45. The molecule has 7 heteroatoms. The lowest BCUT2D eigenvalue weighted by molar-refractivity contribution is -0.126. The van der Waals surface area contributed by atoms with Gasteiger partial charge in [0.25, 0.3) is 5.56 Å². The molecule has 0 saturated carbocycles. The summed E-state index contributed by atoms with van der Waals surface area (Å²) in [6.45, 7) is 0.142. The minimum atomic E-state index is -0.865. The second-order valence-electron chi connectivity index (χ2n) is 4.75. The summed E-state index contributed by atoms with van der Waals surface area (Å²) in [5.41, 5.74) is -0.207. The predicted octanol–water partition coefficient (Wildman–Crippen LogP) is -1.40. The molecule has 2 unspecified atom stereocenters. The van der Waals surface area contributed by atoms with E-state index in [2.05, 4.69) is 10.6 Å². The summed E-state index contributed by atoms with van der Waals surface area (Å²) < 4.78 is 1.37. The van der Waals surface area contributed by atoms with E-state index < -0.39 is 12.1 Å². The number of pyridine rings is 1. The van der Waals surface area contributed by atoms with Gasteiger partial charge in [-0.2, -0.15) is 0 Å². The first kappa shape index (κ1) is 14.3. The second-order valence-corrected chi connectivity index (χ2v) is 4.75. The molecule has 0 bridgehead atoms. The first-order valence-electron chi connectivity index (χ1n) is 6.47. The maximum Gasteiger partial charge on any atom is 0.250 e. The number of nitrogens with zero attached hydrogens (tertiary/aromatic N) is 1. The van der Waals surface area contributed by atoms with Crippen LogP contribution in [0.2, 0.25) is 0 Å². The van der Waals surface area contributed by atoms with Crippen molar-refractivity contribution in [3.63, 3.8) is 0 Å². The van der Waals surface area contributed by atoms with Gasteiger partial charge >= 0.3 is 0 Å². The molecular weight excluding hydrogens is 262 g/mol. The average molecular weight is 279 g/mol. The third-order valence-electron chi connectivity index (χ3n) is 3.13. The Morgan fingerprint density at radius 1 is 1.50 bits per heavy atom. The van der Waals surface area contributed by atoms with Crippen LogP contribution in [0, 0.1) is 0 Å². The Kier molecular flexibility index (Phi) is 4.52. The fraction of sp³-hybridized carbons (Fsp3) is 0.462. The van der Waals surface area contributed by atoms with Gasteiger partial charge in [0.15, 0.2) is 0 Å². The Balaban J connectivity index is 1.79. The molecule has 2 rings (SSSR count). The first-order valence-corrected chi connectivity index (χ1v) is 6.47. The Morgan fingerprint density at radius 2 is 2.30 bits per heavy atom. The van der Waals surface area contributed by atoms with Crippen molar-refractivity contribution in [2.24, 2.45) is 0 Å². The quantitative estimate of drug-likeness (QED) is 0.617. The van der Waals surface area contributed by atoms with Crippen LogP contribution < -0.4 is 16.2 Å². The highest BCUT2D eigenvalue weighted by Crippen LogP contribution is 2.06. The van der Waals surface area contributed by atoms with Crippen molar-refractivity contribution in [1.82, 2.24) is 15.2 Å². The van der Waals surface area contributed by atoms with E-state index in [1.54, 1.807) is 18.3 Å². The number of carbonyl (C=O) groups is 2. The van der Waals surface area contributed by atoms with Crippen molar-refractivity contribution >= 4 is 11.8 Å². The molecule has 0 aliphatic carbocycles. The molecule has 1 saturated heterocycles. The number of aromatic nitrogens is 1. The SMILES string of the molecule is O=C1CCC(C(=O)NCC(O)Cn2ccccc2=O)N1. The Morgan fingerprint density at radius 3 is 2.95 bits per heavy atom. The molecule has 1 aliphatic rings. The van der Waals surface area contributed by atoms with E-state index in [4.69, 9.17) is 0 Å². The monoisotopic (exact) mass is 279 g/mol. The molecule has 2 heterocycles. The largest absolute Gasteiger partial charge is 0.389 e. The number of carbonyl (C=O) groups excluding carboxylic acids is 2. The topological polar surface area (TPSA) is 100 Å². The van der Waals surface area contributed by atoms with Crippen LogP contribution in [0.3, 0.4) is 0 Å². The van der Waals surface area contributed by atoms with Crippen LogP contribution in [0.15, 0.2) is 29.2 Å². The minimum Gasteiger partial charge on any atom is -0.389 e. The van der Waals surface area contributed by atoms with Crippen LogP contribution in [0.5, 0.6) is 0 Å². The summed E-state index contributed by atoms with van der Waals surface area (Å²) >= 11 is 0. The minimum absolute atomic E-state index is 0.0343. The normalized spacial score (nSPS) is 19.4. The molecule has 2 atom stereocenters. The van der Waals surface area contributed by atoms with Crippen molar-refractivity contribution in [1.29, 1.82) is 0 Å². The number of hydrogen-bond donors (Lipinski definition) is 3. The molecule has 2 amide bonds. The summed E-state index contributed by atoms with van der Waals surface area (Å²) in [6, 6.07) is 4.20. The van der Waals surface area contributed by atoms with E-state index >= 15 is 0 Å². The van der Waals surface area contributed by atoms with Gasteiger partial charge in [0.2, 0.25) is 11.8 Å². The average Bonchev–Trinajstić information content (AvgIpc) is 2.85. The molecule has 1 aromatic rings. The molecule has 108 valence electrons. The number of nitrogens with one attached hydrogen (secondary N) is 2. The van der Waals surface area contributed by atoms with Crippen LogP contribution >= 0.6 is 0 Å². The molecule has 1 aliphatic heterocycles. The van der Waals surface area contributed by atoms with Crippen LogP contribution in [-0.4, -0.2) is 40.2 Å². The number of rotatable bonds is 5. The van der Waals surface area contributed by atoms with Gasteiger partial charge < -0.3 is 20.3 Å². The van der Waals surface area contributed by atoms with E-state index in [-0.39, 0.29) is 30.5 Å². The van der Waals surface area contributed by atoms with Gasteiger partial charge in [0.05, 0.1) is 12.6 Å². The standard InChI is InChI=1S/C13H17N3O4/c17-9(8-16-6-2-1-3-12(16)19)7-14-13(20)10-4-5-11(18)15-10/h1-3,6,9-10,17H,4-5,7-8H2,(H,14,20)(H,15,18). The van der Waals surface area contributed by atoms with E-state index in [9.17, 15) is 19.5 Å². The Hall–Kier alpha value is -2.15. The van der Waals surface area contributed by atoms with Gasteiger partial charge in [-0.1, -0.05) is 6.07 Å². The van der Waals surface area contributed by atoms with Gasteiger partial charge in [-0.05, 0) is 12.5 Å². The molecule has 0 aromatic carbocycles. The van der Waals surface area contributed by atoms with Crippen LogP contribution in [0.1, 0.15) is 12.8 Å². The number of amides is 2.